The molecular formula is C12H13ClO3. The average Bonchev–Trinajstić information content (AvgIpc) is 2.22. The lowest BCUT2D eigenvalue weighted by Gasteiger charge is -2.27. The molecular weight excluding hydrogens is 228 g/mol. The van der Waals surface area contributed by atoms with Crippen molar-refractivity contribution in [2.45, 2.75) is 18.9 Å². The van der Waals surface area contributed by atoms with E-state index < -0.39 is 0 Å². The summed E-state index contributed by atoms with van der Waals surface area (Å²) >= 11 is 6.08. The van der Waals surface area contributed by atoms with E-state index in [1.807, 2.05) is 18.2 Å². The van der Waals surface area contributed by atoms with Crippen molar-refractivity contribution in [2.24, 2.45) is 0 Å². The minimum Gasteiger partial charge on any atom is -0.484 e. The van der Waals surface area contributed by atoms with Crippen LogP contribution in [0.15, 0.2) is 18.2 Å². The van der Waals surface area contributed by atoms with Gasteiger partial charge in [0, 0.05) is 6.42 Å². The standard InChI is InChI=1S/C12H13ClO3/c13-11-6-9(2-1-5-14)3-4-12(11)16-10-7-15-8-10/h3-6,10H,1-2,7-8H2. The first-order chi connectivity index (χ1) is 7.79. The molecule has 0 N–H and O–H groups in total. The number of rotatable bonds is 5. The molecule has 86 valence electrons. The first-order valence-electron chi connectivity index (χ1n) is 5.26. The Morgan fingerprint density at radius 2 is 2.31 bits per heavy atom. The van der Waals surface area contributed by atoms with Gasteiger partial charge in [0.15, 0.2) is 0 Å². The van der Waals surface area contributed by atoms with Crippen LogP contribution in [0.2, 0.25) is 5.02 Å². The van der Waals surface area contributed by atoms with Crippen LogP contribution in [0.25, 0.3) is 0 Å². The molecule has 3 nitrogen and oxygen atoms in total. The van der Waals surface area contributed by atoms with Gasteiger partial charge in [0.05, 0.1) is 18.2 Å². The van der Waals surface area contributed by atoms with Crippen LogP contribution in [0.3, 0.4) is 0 Å². The molecule has 0 radical (unpaired) electrons. The predicted molar refractivity (Wildman–Crippen MR) is 61.1 cm³/mol. The summed E-state index contributed by atoms with van der Waals surface area (Å²) in [5.41, 5.74) is 1.05. The van der Waals surface area contributed by atoms with E-state index in [0.29, 0.717) is 30.4 Å². The van der Waals surface area contributed by atoms with Crippen molar-refractivity contribution in [3.63, 3.8) is 0 Å². The zero-order chi connectivity index (χ0) is 11.4. The second-order valence-corrected chi connectivity index (χ2v) is 4.15. The highest BCUT2D eigenvalue weighted by Gasteiger charge is 2.21. The van der Waals surface area contributed by atoms with Gasteiger partial charge in [-0.05, 0) is 24.1 Å². The third-order valence-corrected chi connectivity index (χ3v) is 2.74. The van der Waals surface area contributed by atoms with Crippen molar-refractivity contribution in [3.05, 3.63) is 28.8 Å². The summed E-state index contributed by atoms with van der Waals surface area (Å²) in [6.45, 7) is 1.26. The van der Waals surface area contributed by atoms with Gasteiger partial charge in [-0.3, -0.25) is 0 Å². The van der Waals surface area contributed by atoms with E-state index in [0.717, 1.165) is 18.3 Å². The molecule has 0 bridgehead atoms. The van der Waals surface area contributed by atoms with E-state index in [1.165, 1.54) is 0 Å². The molecule has 16 heavy (non-hydrogen) atoms. The third-order valence-electron chi connectivity index (χ3n) is 2.45. The molecule has 1 fully saturated rings. The summed E-state index contributed by atoms with van der Waals surface area (Å²) in [6.07, 6.45) is 2.27. The Morgan fingerprint density at radius 3 is 2.88 bits per heavy atom. The third kappa shape index (κ3) is 2.74. The molecule has 1 saturated heterocycles. The van der Waals surface area contributed by atoms with Crippen molar-refractivity contribution in [3.8, 4) is 5.75 Å². The lowest BCUT2D eigenvalue weighted by molar-refractivity contribution is -0.107. The van der Waals surface area contributed by atoms with Crippen LogP contribution in [-0.4, -0.2) is 25.6 Å². The molecule has 2 rings (SSSR count). The van der Waals surface area contributed by atoms with Gasteiger partial charge in [0.25, 0.3) is 0 Å². The predicted octanol–water partition coefficient (Wildman–Crippen LogP) is 2.25. The van der Waals surface area contributed by atoms with E-state index in [1.54, 1.807) is 0 Å². The molecule has 0 saturated carbocycles. The molecule has 1 aliphatic rings. The number of ether oxygens (including phenoxy) is 2. The Labute approximate surface area is 99.3 Å². The molecule has 0 unspecified atom stereocenters. The minimum atomic E-state index is 0.123. The number of hydrogen-bond acceptors (Lipinski definition) is 3. The fourth-order valence-electron chi connectivity index (χ4n) is 1.48. The minimum absolute atomic E-state index is 0.123. The highest BCUT2D eigenvalue weighted by atomic mass is 35.5. The lowest BCUT2D eigenvalue weighted by atomic mass is 10.1. The molecule has 1 aliphatic heterocycles. The Kier molecular flexibility index (Phi) is 3.80. The monoisotopic (exact) mass is 240 g/mol. The van der Waals surface area contributed by atoms with Gasteiger partial charge in [-0.15, -0.1) is 0 Å². The van der Waals surface area contributed by atoms with Gasteiger partial charge >= 0.3 is 0 Å². The van der Waals surface area contributed by atoms with Crippen molar-refractivity contribution in [1.82, 2.24) is 0 Å². The fourth-order valence-corrected chi connectivity index (χ4v) is 1.73. The second-order valence-electron chi connectivity index (χ2n) is 3.75. The summed E-state index contributed by atoms with van der Waals surface area (Å²) in [6, 6.07) is 5.63. The number of hydrogen-bond donors (Lipinski definition) is 0. The van der Waals surface area contributed by atoms with Gasteiger partial charge < -0.3 is 14.3 Å². The maximum absolute atomic E-state index is 10.3. The SMILES string of the molecule is O=CCCc1ccc(OC2COC2)c(Cl)c1. The van der Waals surface area contributed by atoms with Crippen LogP contribution in [0.4, 0.5) is 0 Å². The van der Waals surface area contributed by atoms with Crippen LogP contribution in [0, 0.1) is 0 Å². The topological polar surface area (TPSA) is 35.5 Å². The molecule has 0 aliphatic carbocycles. The molecule has 0 aromatic heterocycles. The molecule has 1 aromatic carbocycles. The van der Waals surface area contributed by atoms with Gasteiger partial charge in [-0.1, -0.05) is 17.7 Å². The first kappa shape index (κ1) is 11.4. The highest BCUT2D eigenvalue weighted by Crippen LogP contribution is 2.27. The van der Waals surface area contributed by atoms with Crippen LogP contribution in [0.5, 0.6) is 5.75 Å². The summed E-state index contributed by atoms with van der Waals surface area (Å²) in [5.74, 6) is 0.685. The normalized spacial score (nSPS) is 15.6. The van der Waals surface area contributed by atoms with E-state index >= 15 is 0 Å². The van der Waals surface area contributed by atoms with Crippen molar-refractivity contribution < 1.29 is 14.3 Å². The largest absolute Gasteiger partial charge is 0.484 e. The number of carbonyl (C=O) groups is 1. The van der Waals surface area contributed by atoms with E-state index in [4.69, 9.17) is 21.1 Å². The molecule has 0 atom stereocenters. The first-order valence-corrected chi connectivity index (χ1v) is 5.64. The highest BCUT2D eigenvalue weighted by molar-refractivity contribution is 6.32. The maximum atomic E-state index is 10.3. The number of aryl methyl sites for hydroxylation is 1. The van der Waals surface area contributed by atoms with Crippen molar-refractivity contribution in [1.29, 1.82) is 0 Å². The van der Waals surface area contributed by atoms with Gasteiger partial charge in [0.1, 0.15) is 18.1 Å². The van der Waals surface area contributed by atoms with Crippen LogP contribution in [0.1, 0.15) is 12.0 Å². The Hall–Kier alpha value is -1.06. The van der Waals surface area contributed by atoms with Crippen molar-refractivity contribution in [2.75, 3.05) is 13.2 Å². The fraction of sp³-hybridized carbons (Fsp3) is 0.417. The Balaban J connectivity index is 2.00. The van der Waals surface area contributed by atoms with Crippen LogP contribution in [-0.2, 0) is 16.0 Å². The van der Waals surface area contributed by atoms with Crippen LogP contribution < -0.4 is 4.74 Å². The number of aldehydes is 1. The number of benzene rings is 1. The van der Waals surface area contributed by atoms with E-state index in [-0.39, 0.29) is 6.10 Å². The Morgan fingerprint density at radius 1 is 1.50 bits per heavy atom. The zero-order valence-electron chi connectivity index (χ0n) is 8.82. The molecule has 1 aromatic rings. The summed E-state index contributed by atoms with van der Waals surface area (Å²) < 4.78 is 10.6. The summed E-state index contributed by atoms with van der Waals surface area (Å²) in [7, 11) is 0. The van der Waals surface area contributed by atoms with Crippen LogP contribution >= 0.6 is 11.6 Å². The van der Waals surface area contributed by atoms with Gasteiger partial charge in [0.2, 0.25) is 0 Å². The van der Waals surface area contributed by atoms with E-state index in [2.05, 4.69) is 0 Å². The zero-order valence-corrected chi connectivity index (χ0v) is 9.57. The Bertz CT molecular complexity index is 375. The molecule has 0 spiro atoms. The molecule has 4 heteroatoms. The van der Waals surface area contributed by atoms with Gasteiger partial charge in [-0.2, -0.15) is 0 Å². The maximum Gasteiger partial charge on any atom is 0.145 e. The lowest BCUT2D eigenvalue weighted by Crippen LogP contribution is -2.38. The molecule has 1 heterocycles. The van der Waals surface area contributed by atoms with E-state index in [9.17, 15) is 4.79 Å². The quantitative estimate of drug-likeness (QED) is 0.741. The van der Waals surface area contributed by atoms with Gasteiger partial charge in [-0.25, -0.2) is 0 Å². The summed E-state index contributed by atoms with van der Waals surface area (Å²) in [5, 5.41) is 0.593. The average molecular weight is 241 g/mol. The second kappa shape index (κ2) is 5.32. The molecule has 0 amide bonds. The summed E-state index contributed by atoms with van der Waals surface area (Å²) in [4.78, 5) is 10.3. The number of carbonyl (C=O) groups excluding carboxylic acids is 1. The smallest absolute Gasteiger partial charge is 0.145 e. The number of halogens is 1. The van der Waals surface area contributed by atoms with Crippen molar-refractivity contribution >= 4 is 17.9 Å².